The molecule has 21 heavy (non-hydrogen) atoms. The van der Waals surface area contributed by atoms with Crippen LogP contribution in [0.15, 0.2) is 42.5 Å². The minimum absolute atomic E-state index is 0.135. The molecule has 0 aliphatic heterocycles. The largest absolute Gasteiger partial charge is 0.392 e. The SMILES string of the molecule is O=S(=O)(Cc1cccc(CO)c1)Nc1ccc(Cl)cc1Cl. The monoisotopic (exact) mass is 345 g/mol. The lowest BCUT2D eigenvalue weighted by Gasteiger charge is -2.10. The average Bonchev–Trinajstić information content (AvgIpc) is 2.41. The number of hydrogen-bond acceptors (Lipinski definition) is 3. The predicted octanol–water partition coefficient (Wildman–Crippen LogP) is 3.43. The van der Waals surface area contributed by atoms with Gasteiger partial charge in [-0.2, -0.15) is 0 Å². The predicted molar refractivity (Wildman–Crippen MR) is 85.1 cm³/mol. The highest BCUT2D eigenvalue weighted by Gasteiger charge is 2.14. The molecule has 2 N–H and O–H groups in total. The number of nitrogens with one attached hydrogen (secondary N) is 1. The van der Waals surface area contributed by atoms with Crippen molar-refractivity contribution in [2.75, 3.05) is 4.72 Å². The highest BCUT2D eigenvalue weighted by Crippen LogP contribution is 2.26. The van der Waals surface area contributed by atoms with E-state index in [1.54, 1.807) is 30.3 Å². The van der Waals surface area contributed by atoms with Gasteiger partial charge >= 0.3 is 0 Å². The molecule has 0 amide bonds. The van der Waals surface area contributed by atoms with E-state index in [2.05, 4.69) is 4.72 Å². The van der Waals surface area contributed by atoms with Crippen LogP contribution in [-0.2, 0) is 22.4 Å². The summed E-state index contributed by atoms with van der Waals surface area (Å²) in [6, 6.07) is 11.3. The topological polar surface area (TPSA) is 66.4 Å². The molecule has 112 valence electrons. The maximum atomic E-state index is 12.1. The van der Waals surface area contributed by atoms with Crippen LogP contribution in [0.4, 0.5) is 5.69 Å². The Labute approximate surface area is 133 Å². The van der Waals surface area contributed by atoms with Gasteiger partial charge in [0, 0.05) is 5.02 Å². The smallest absolute Gasteiger partial charge is 0.236 e. The molecule has 4 nitrogen and oxygen atoms in total. The first-order valence-electron chi connectivity index (χ1n) is 6.04. The zero-order valence-corrected chi connectivity index (χ0v) is 13.2. The molecule has 0 saturated carbocycles. The van der Waals surface area contributed by atoms with Gasteiger partial charge in [-0.3, -0.25) is 4.72 Å². The van der Waals surface area contributed by atoms with Crippen molar-refractivity contribution in [2.45, 2.75) is 12.4 Å². The first-order chi connectivity index (χ1) is 9.89. The maximum absolute atomic E-state index is 12.1. The molecule has 2 aromatic rings. The van der Waals surface area contributed by atoms with E-state index < -0.39 is 10.0 Å². The number of sulfonamides is 1. The van der Waals surface area contributed by atoms with Gasteiger partial charge in [-0.15, -0.1) is 0 Å². The first kappa shape index (κ1) is 16.1. The Hall–Kier alpha value is -1.27. The van der Waals surface area contributed by atoms with Crippen LogP contribution < -0.4 is 4.72 Å². The van der Waals surface area contributed by atoms with Crippen molar-refractivity contribution in [3.05, 3.63) is 63.6 Å². The van der Waals surface area contributed by atoms with Crippen LogP contribution in [0.5, 0.6) is 0 Å². The fourth-order valence-electron chi connectivity index (χ4n) is 1.81. The van der Waals surface area contributed by atoms with E-state index in [0.717, 1.165) is 0 Å². The third kappa shape index (κ3) is 4.61. The second kappa shape index (κ2) is 6.66. The average molecular weight is 346 g/mol. The van der Waals surface area contributed by atoms with E-state index in [4.69, 9.17) is 28.3 Å². The molecule has 7 heteroatoms. The quantitative estimate of drug-likeness (QED) is 0.872. The Balaban J connectivity index is 2.18. The van der Waals surface area contributed by atoms with Gasteiger partial charge in [0.05, 0.1) is 23.1 Å². The van der Waals surface area contributed by atoms with Crippen molar-refractivity contribution in [3.8, 4) is 0 Å². The summed E-state index contributed by atoms with van der Waals surface area (Å²) < 4.78 is 26.7. The number of rotatable bonds is 5. The van der Waals surface area contributed by atoms with Crippen LogP contribution >= 0.6 is 23.2 Å². The van der Waals surface area contributed by atoms with E-state index in [1.165, 1.54) is 12.1 Å². The zero-order chi connectivity index (χ0) is 15.5. The summed E-state index contributed by atoms with van der Waals surface area (Å²) in [4.78, 5) is 0. The lowest BCUT2D eigenvalue weighted by Crippen LogP contribution is -2.15. The minimum atomic E-state index is -3.61. The molecule has 0 saturated heterocycles. The Morgan fingerprint density at radius 1 is 1.05 bits per heavy atom. The van der Waals surface area contributed by atoms with Crippen molar-refractivity contribution in [3.63, 3.8) is 0 Å². The summed E-state index contributed by atoms with van der Waals surface area (Å²) in [6.07, 6.45) is 0. The third-order valence-electron chi connectivity index (χ3n) is 2.73. The van der Waals surface area contributed by atoms with E-state index >= 15 is 0 Å². The number of hydrogen-bond donors (Lipinski definition) is 2. The maximum Gasteiger partial charge on any atom is 0.236 e. The number of halogens is 2. The Kier molecular flexibility index (Phi) is 5.11. The van der Waals surface area contributed by atoms with Crippen molar-refractivity contribution >= 4 is 38.9 Å². The fraction of sp³-hybridized carbons (Fsp3) is 0.143. The highest BCUT2D eigenvalue weighted by atomic mass is 35.5. The number of aliphatic hydroxyl groups excluding tert-OH is 1. The Morgan fingerprint density at radius 3 is 2.43 bits per heavy atom. The molecule has 2 rings (SSSR count). The molecule has 2 aromatic carbocycles. The first-order valence-corrected chi connectivity index (χ1v) is 8.45. The molecule has 0 unspecified atom stereocenters. The molecule has 0 heterocycles. The summed E-state index contributed by atoms with van der Waals surface area (Å²) >= 11 is 11.7. The molecule has 0 spiro atoms. The molecule has 0 radical (unpaired) electrons. The summed E-state index contributed by atoms with van der Waals surface area (Å²) in [7, 11) is -3.61. The molecular weight excluding hydrogens is 333 g/mol. The van der Waals surface area contributed by atoms with Gasteiger partial charge in [0.25, 0.3) is 0 Å². The normalized spacial score (nSPS) is 11.4. The zero-order valence-electron chi connectivity index (χ0n) is 10.9. The molecule has 0 aliphatic rings. The van der Waals surface area contributed by atoms with Crippen LogP contribution in [0.25, 0.3) is 0 Å². The summed E-state index contributed by atoms with van der Waals surface area (Å²) in [5.41, 5.74) is 1.52. The lowest BCUT2D eigenvalue weighted by molar-refractivity contribution is 0.282. The van der Waals surface area contributed by atoms with Crippen molar-refractivity contribution in [2.24, 2.45) is 0 Å². The van der Waals surface area contributed by atoms with Crippen LogP contribution in [0.2, 0.25) is 10.0 Å². The van der Waals surface area contributed by atoms with E-state index in [9.17, 15) is 8.42 Å². The second-order valence-electron chi connectivity index (χ2n) is 4.46. The minimum Gasteiger partial charge on any atom is -0.392 e. The Morgan fingerprint density at radius 2 is 1.76 bits per heavy atom. The molecule has 0 atom stereocenters. The lowest BCUT2D eigenvalue weighted by atomic mass is 10.1. The van der Waals surface area contributed by atoms with E-state index in [1.807, 2.05) is 0 Å². The summed E-state index contributed by atoms with van der Waals surface area (Å²) in [6.45, 7) is -0.135. The number of aliphatic hydroxyl groups is 1. The van der Waals surface area contributed by atoms with Gasteiger partial charge in [-0.05, 0) is 29.3 Å². The van der Waals surface area contributed by atoms with Crippen molar-refractivity contribution < 1.29 is 13.5 Å². The van der Waals surface area contributed by atoms with Gasteiger partial charge in [0.1, 0.15) is 0 Å². The third-order valence-corrected chi connectivity index (χ3v) is 4.52. The van der Waals surface area contributed by atoms with Gasteiger partial charge in [0.15, 0.2) is 0 Å². The fourth-order valence-corrected chi connectivity index (χ4v) is 3.53. The van der Waals surface area contributed by atoms with Crippen LogP contribution in [0, 0.1) is 0 Å². The van der Waals surface area contributed by atoms with E-state index in [0.29, 0.717) is 16.1 Å². The second-order valence-corrected chi connectivity index (χ2v) is 7.03. The molecule has 0 aliphatic carbocycles. The van der Waals surface area contributed by atoms with Gasteiger partial charge in [-0.1, -0.05) is 47.5 Å². The standard InChI is InChI=1S/C14H13Cl2NO3S/c15-12-4-5-14(13(16)7-12)17-21(19,20)9-11-3-1-2-10(6-11)8-18/h1-7,17-18H,8-9H2. The van der Waals surface area contributed by atoms with Gasteiger partial charge in [0.2, 0.25) is 10.0 Å². The van der Waals surface area contributed by atoms with Gasteiger partial charge in [-0.25, -0.2) is 8.42 Å². The van der Waals surface area contributed by atoms with Crippen molar-refractivity contribution in [1.29, 1.82) is 0 Å². The molecule has 0 fully saturated rings. The van der Waals surface area contributed by atoms with Crippen LogP contribution in [0.3, 0.4) is 0 Å². The van der Waals surface area contributed by atoms with E-state index in [-0.39, 0.29) is 23.1 Å². The summed E-state index contributed by atoms with van der Waals surface area (Å²) in [5, 5.41) is 9.72. The summed E-state index contributed by atoms with van der Waals surface area (Å²) in [5.74, 6) is -0.209. The molecule has 0 aromatic heterocycles. The van der Waals surface area contributed by atoms with Gasteiger partial charge < -0.3 is 5.11 Å². The van der Waals surface area contributed by atoms with Crippen LogP contribution in [0.1, 0.15) is 11.1 Å². The molecular formula is C14H13Cl2NO3S. The Bertz CT molecular complexity index is 748. The number of benzene rings is 2. The van der Waals surface area contributed by atoms with Crippen molar-refractivity contribution in [1.82, 2.24) is 0 Å². The molecule has 0 bridgehead atoms. The number of anilines is 1. The van der Waals surface area contributed by atoms with Crippen LogP contribution in [-0.4, -0.2) is 13.5 Å². The highest BCUT2D eigenvalue weighted by molar-refractivity contribution is 7.91.